The van der Waals surface area contributed by atoms with Crippen molar-refractivity contribution in [3.05, 3.63) is 29.8 Å². The molecule has 21 heavy (non-hydrogen) atoms. The van der Waals surface area contributed by atoms with Crippen molar-refractivity contribution in [2.45, 2.75) is 51.5 Å². The molecule has 118 valence electrons. The number of esters is 1. The minimum absolute atomic E-state index is 0.318. The Morgan fingerprint density at radius 3 is 2.43 bits per heavy atom. The van der Waals surface area contributed by atoms with Crippen LogP contribution >= 0.6 is 0 Å². The van der Waals surface area contributed by atoms with Crippen molar-refractivity contribution in [3.8, 4) is 5.75 Å². The number of carbonyl (C=O) groups excluding carboxylic acids is 1. The van der Waals surface area contributed by atoms with Gasteiger partial charge in [-0.05, 0) is 30.5 Å². The molecule has 0 aliphatic rings. The summed E-state index contributed by atoms with van der Waals surface area (Å²) in [6.45, 7) is 2.65. The summed E-state index contributed by atoms with van der Waals surface area (Å²) in [6.07, 6.45) is 6.16. The molecule has 0 spiro atoms. The molecule has 0 bridgehead atoms. The van der Waals surface area contributed by atoms with Gasteiger partial charge in [0.25, 0.3) is 0 Å². The van der Waals surface area contributed by atoms with Crippen molar-refractivity contribution in [2.24, 2.45) is 5.73 Å². The van der Waals surface area contributed by atoms with Crippen LogP contribution in [0.5, 0.6) is 5.75 Å². The van der Waals surface area contributed by atoms with Crippen LogP contribution in [0.25, 0.3) is 0 Å². The van der Waals surface area contributed by atoms with Gasteiger partial charge < -0.3 is 15.2 Å². The Bertz CT molecular complexity index is 403. The smallest absolute Gasteiger partial charge is 0.323 e. The van der Waals surface area contributed by atoms with Crippen LogP contribution in [0.15, 0.2) is 24.3 Å². The highest BCUT2D eigenvalue weighted by atomic mass is 16.5. The number of ether oxygens (including phenoxy) is 2. The topological polar surface area (TPSA) is 61.5 Å². The number of carbonyl (C=O) groups is 1. The van der Waals surface area contributed by atoms with Gasteiger partial charge >= 0.3 is 5.97 Å². The molecule has 0 aromatic heterocycles. The zero-order chi connectivity index (χ0) is 15.5. The maximum absolute atomic E-state index is 11.8. The molecule has 0 radical (unpaired) electrons. The third-order valence-corrected chi connectivity index (χ3v) is 3.41. The summed E-state index contributed by atoms with van der Waals surface area (Å²) in [4.78, 5) is 11.8. The monoisotopic (exact) mass is 293 g/mol. The molecule has 1 unspecified atom stereocenters. The second-order valence-corrected chi connectivity index (χ2v) is 5.24. The van der Waals surface area contributed by atoms with Gasteiger partial charge in [0.1, 0.15) is 11.8 Å². The highest BCUT2D eigenvalue weighted by Gasteiger charge is 2.15. The number of unbranched alkanes of at least 4 members (excludes halogenated alkanes) is 4. The lowest BCUT2D eigenvalue weighted by atomic mass is 10.1. The van der Waals surface area contributed by atoms with E-state index in [0.29, 0.717) is 13.0 Å². The van der Waals surface area contributed by atoms with E-state index < -0.39 is 6.04 Å². The van der Waals surface area contributed by atoms with E-state index >= 15 is 0 Å². The van der Waals surface area contributed by atoms with Crippen LogP contribution in [0.4, 0.5) is 0 Å². The molecule has 0 saturated carbocycles. The van der Waals surface area contributed by atoms with Crippen molar-refractivity contribution in [3.63, 3.8) is 0 Å². The van der Waals surface area contributed by atoms with E-state index in [1.165, 1.54) is 19.3 Å². The lowest BCUT2D eigenvalue weighted by molar-refractivity contribution is -0.145. The molecule has 1 rings (SSSR count). The van der Waals surface area contributed by atoms with Crippen LogP contribution in [-0.4, -0.2) is 25.7 Å². The molecule has 0 aliphatic heterocycles. The van der Waals surface area contributed by atoms with Gasteiger partial charge in [0, 0.05) is 0 Å². The lowest BCUT2D eigenvalue weighted by Gasteiger charge is -2.12. The summed E-state index contributed by atoms with van der Waals surface area (Å²) in [7, 11) is 1.62. The van der Waals surface area contributed by atoms with Gasteiger partial charge in [-0.2, -0.15) is 0 Å². The predicted octanol–water partition coefficient (Wildman–Crippen LogP) is 3.08. The lowest BCUT2D eigenvalue weighted by Crippen LogP contribution is -2.34. The van der Waals surface area contributed by atoms with Gasteiger partial charge in [-0.1, -0.05) is 44.7 Å². The molecular weight excluding hydrogens is 266 g/mol. The van der Waals surface area contributed by atoms with E-state index in [0.717, 1.165) is 24.2 Å². The first kappa shape index (κ1) is 17.5. The highest BCUT2D eigenvalue weighted by Crippen LogP contribution is 2.12. The molecule has 1 aromatic rings. The third-order valence-electron chi connectivity index (χ3n) is 3.41. The second-order valence-electron chi connectivity index (χ2n) is 5.24. The fourth-order valence-corrected chi connectivity index (χ4v) is 2.08. The summed E-state index contributed by atoms with van der Waals surface area (Å²) < 4.78 is 10.3. The molecule has 4 nitrogen and oxygen atoms in total. The summed E-state index contributed by atoms with van der Waals surface area (Å²) in [5.41, 5.74) is 6.88. The SMILES string of the molecule is CCCCCCCOC(=O)C(N)Cc1ccc(OC)cc1. The van der Waals surface area contributed by atoms with E-state index in [2.05, 4.69) is 6.92 Å². The van der Waals surface area contributed by atoms with Crippen molar-refractivity contribution in [2.75, 3.05) is 13.7 Å². The molecule has 0 heterocycles. The Kier molecular flexibility index (Phi) is 8.51. The number of hydrogen-bond acceptors (Lipinski definition) is 4. The van der Waals surface area contributed by atoms with E-state index in [4.69, 9.17) is 15.2 Å². The average Bonchev–Trinajstić information content (AvgIpc) is 2.51. The van der Waals surface area contributed by atoms with E-state index in [-0.39, 0.29) is 5.97 Å². The van der Waals surface area contributed by atoms with Gasteiger partial charge in [-0.15, -0.1) is 0 Å². The Morgan fingerprint density at radius 2 is 1.81 bits per heavy atom. The van der Waals surface area contributed by atoms with Gasteiger partial charge in [-0.25, -0.2) is 0 Å². The second kappa shape index (κ2) is 10.2. The Labute approximate surface area is 127 Å². The maximum atomic E-state index is 11.8. The van der Waals surface area contributed by atoms with E-state index in [1.54, 1.807) is 7.11 Å². The fourth-order valence-electron chi connectivity index (χ4n) is 2.08. The Morgan fingerprint density at radius 1 is 1.14 bits per heavy atom. The summed E-state index contributed by atoms with van der Waals surface area (Å²) in [6, 6.07) is 6.95. The van der Waals surface area contributed by atoms with Crippen LogP contribution in [-0.2, 0) is 16.0 Å². The molecule has 0 aliphatic carbocycles. The third kappa shape index (κ3) is 7.14. The normalized spacial score (nSPS) is 12.0. The maximum Gasteiger partial charge on any atom is 0.323 e. The molecule has 1 aromatic carbocycles. The summed E-state index contributed by atoms with van der Waals surface area (Å²) in [5.74, 6) is 0.475. The van der Waals surface area contributed by atoms with Crippen molar-refractivity contribution >= 4 is 5.97 Å². The quantitative estimate of drug-likeness (QED) is 0.532. The number of hydrogen-bond donors (Lipinski definition) is 1. The Hall–Kier alpha value is -1.55. The number of nitrogens with two attached hydrogens (primary N) is 1. The average molecular weight is 293 g/mol. The van der Waals surface area contributed by atoms with Crippen molar-refractivity contribution in [1.82, 2.24) is 0 Å². The minimum Gasteiger partial charge on any atom is -0.497 e. The predicted molar refractivity (Wildman–Crippen MR) is 84.4 cm³/mol. The number of methoxy groups -OCH3 is 1. The fraction of sp³-hybridized carbons (Fsp3) is 0.588. The molecule has 4 heteroatoms. The zero-order valence-corrected chi connectivity index (χ0v) is 13.1. The van der Waals surface area contributed by atoms with E-state index in [1.807, 2.05) is 24.3 Å². The molecule has 0 amide bonds. The Balaban J connectivity index is 2.23. The van der Waals surface area contributed by atoms with Crippen LogP contribution in [0.2, 0.25) is 0 Å². The molecular formula is C17H27NO3. The van der Waals surface area contributed by atoms with Crippen molar-refractivity contribution in [1.29, 1.82) is 0 Å². The van der Waals surface area contributed by atoms with Crippen LogP contribution in [0, 0.1) is 0 Å². The number of benzene rings is 1. The van der Waals surface area contributed by atoms with Gasteiger partial charge in [0.05, 0.1) is 13.7 Å². The van der Waals surface area contributed by atoms with Gasteiger partial charge in [0.2, 0.25) is 0 Å². The van der Waals surface area contributed by atoms with Crippen LogP contribution in [0.3, 0.4) is 0 Å². The van der Waals surface area contributed by atoms with Gasteiger partial charge in [-0.3, -0.25) is 4.79 Å². The molecule has 1 atom stereocenters. The minimum atomic E-state index is -0.603. The first-order valence-corrected chi connectivity index (χ1v) is 7.72. The van der Waals surface area contributed by atoms with Crippen LogP contribution < -0.4 is 10.5 Å². The molecule has 0 fully saturated rings. The van der Waals surface area contributed by atoms with Crippen LogP contribution in [0.1, 0.15) is 44.6 Å². The highest BCUT2D eigenvalue weighted by molar-refractivity contribution is 5.75. The first-order valence-electron chi connectivity index (χ1n) is 7.72. The standard InChI is InChI=1S/C17H27NO3/c1-3-4-5-6-7-12-21-17(19)16(18)13-14-8-10-15(20-2)11-9-14/h8-11,16H,3-7,12-13,18H2,1-2H3. The summed E-state index contributed by atoms with van der Waals surface area (Å²) >= 11 is 0. The zero-order valence-electron chi connectivity index (χ0n) is 13.1. The molecule has 0 saturated heterocycles. The summed E-state index contributed by atoms with van der Waals surface area (Å²) in [5, 5.41) is 0. The number of rotatable bonds is 10. The molecule has 2 N–H and O–H groups in total. The van der Waals surface area contributed by atoms with Gasteiger partial charge in [0.15, 0.2) is 0 Å². The van der Waals surface area contributed by atoms with Crippen molar-refractivity contribution < 1.29 is 14.3 Å². The van der Waals surface area contributed by atoms with E-state index in [9.17, 15) is 4.79 Å². The largest absolute Gasteiger partial charge is 0.497 e. The first-order chi connectivity index (χ1) is 10.2.